The molecule has 0 saturated heterocycles. The van der Waals surface area contributed by atoms with Crippen LogP contribution in [0.1, 0.15) is 54.4 Å². The molecule has 0 aromatic rings. The summed E-state index contributed by atoms with van der Waals surface area (Å²) in [5, 5.41) is 36.1. The molecule has 0 aliphatic heterocycles. The van der Waals surface area contributed by atoms with E-state index in [4.69, 9.17) is 10.2 Å². The number of ketones is 2. The number of carbonyl (C=O) groups is 4. The number of aliphatic hydroxyl groups excluding tert-OH is 2. The predicted octanol–water partition coefficient (Wildman–Crippen LogP) is 1.83. The van der Waals surface area contributed by atoms with Crippen LogP contribution in [0.5, 0.6) is 0 Å². The molecule has 8 nitrogen and oxygen atoms in total. The van der Waals surface area contributed by atoms with Crippen molar-refractivity contribution < 1.29 is 105 Å². The van der Waals surface area contributed by atoms with E-state index in [1.807, 2.05) is 0 Å². The molecule has 0 aromatic heterocycles. The van der Waals surface area contributed by atoms with E-state index in [0.717, 1.165) is 13.8 Å². The fraction of sp³-hybridized carbons (Fsp3) is 0.800. The second-order valence-electron chi connectivity index (χ2n) is 6.98. The Morgan fingerprint density at radius 3 is 0.744 bits per heavy atom. The van der Waals surface area contributed by atoms with E-state index in [2.05, 4.69) is 0 Å². The van der Waals surface area contributed by atoms with Gasteiger partial charge in [-0.25, -0.2) is 0 Å². The van der Waals surface area contributed by atoms with E-state index in [1.54, 1.807) is 13.8 Å². The molecule has 0 aromatic carbocycles. The van der Waals surface area contributed by atoms with Gasteiger partial charge in [-0.3, -0.25) is 9.59 Å². The van der Waals surface area contributed by atoms with Crippen LogP contribution in [0.15, 0.2) is 0 Å². The molecular formula is C20H28F10O8Ti. The number of carboxylic acids is 2. The van der Waals surface area contributed by atoms with Crippen LogP contribution in [0.3, 0.4) is 0 Å². The van der Waals surface area contributed by atoms with Gasteiger partial charge in [-0.2, -0.15) is 43.9 Å². The van der Waals surface area contributed by atoms with Gasteiger partial charge in [0.1, 0.15) is 22.4 Å². The van der Waals surface area contributed by atoms with Crippen LogP contribution in [0.2, 0.25) is 0 Å². The molecule has 0 amide bonds. The summed E-state index contributed by atoms with van der Waals surface area (Å²) in [7, 11) is 0. The molecule has 39 heavy (non-hydrogen) atoms. The minimum absolute atomic E-state index is 0. The predicted molar refractivity (Wildman–Crippen MR) is 104 cm³/mol. The Bertz CT molecular complexity index is 691. The monoisotopic (exact) mass is 634 g/mol. The molecular weight excluding hydrogens is 606 g/mol. The van der Waals surface area contributed by atoms with Crippen LogP contribution >= 0.6 is 0 Å². The van der Waals surface area contributed by atoms with E-state index in [1.165, 1.54) is 0 Å². The van der Waals surface area contributed by atoms with Gasteiger partial charge in [0.25, 0.3) is 0 Å². The molecule has 230 valence electrons. The summed E-state index contributed by atoms with van der Waals surface area (Å²) >= 11 is 0. The Morgan fingerprint density at radius 2 is 0.718 bits per heavy atom. The molecule has 0 spiro atoms. The van der Waals surface area contributed by atoms with E-state index in [0.29, 0.717) is 13.8 Å². The molecule has 2 unspecified atom stereocenters. The summed E-state index contributed by atoms with van der Waals surface area (Å²) in [4.78, 5) is 42.6. The third-order valence-corrected chi connectivity index (χ3v) is 4.74. The maximum absolute atomic E-state index is 13.0. The summed E-state index contributed by atoms with van der Waals surface area (Å²) in [6.45, 7) is 6.07. The van der Waals surface area contributed by atoms with Gasteiger partial charge in [0.05, 0.1) is 11.9 Å². The quantitative estimate of drug-likeness (QED) is 0.233. The van der Waals surface area contributed by atoms with Crippen molar-refractivity contribution in [1.29, 1.82) is 0 Å². The van der Waals surface area contributed by atoms with Crippen molar-refractivity contribution in [3.05, 3.63) is 0 Å². The van der Waals surface area contributed by atoms with Gasteiger partial charge in [-0.1, -0.05) is 13.8 Å². The third-order valence-electron chi connectivity index (χ3n) is 4.74. The summed E-state index contributed by atoms with van der Waals surface area (Å²) in [6.07, 6.45) is -14.7. The van der Waals surface area contributed by atoms with Gasteiger partial charge in [0, 0.05) is 13.2 Å². The first-order valence-electron chi connectivity index (χ1n) is 10.3. The fourth-order valence-corrected chi connectivity index (χ4v) is 2.70. The SMILES string of the molecule is CCC(C(C)=O)(C(=O)[O-])C(F)(F)C(F)(F)F.CCC(C(C)=O)(C(=O)[O-])C(F)(F)C(F)(F)F.CCO.CCO.[Ti+2]. The van der Waals surface area contributed by atoms with Crippen molar-refractivity contribution >= 4 is 23.5 Å². The van der Waals surface area contributed by atoms with E-state index >= 15 is 0 Å². The number of alkyl halides is 10. The van der Waals surface area contributed by atoms with Crippen molar-refractivity contribution in [2.45, 2.75) is 78.6 Å². The zero-order chi connectivity index (χ0) is 32.1. The molecule has 0 rings (SSSR count). The molecule has 0 bridgehead atoms. The van der Waals surface area contributed by atoms with Crippen molar-refractivity contribution in [2.24, 2.45) is 10.8 Å². The van der Waals surface area contributed by atoms with E-state index < -0.39 is 71.4 Å². The Labute approximate surface area is 231 Å². The Morgan fingerprint density at radius 1 is 0.564 bits per heavy atom. The Kier molecular flexibility index (Phi) is 21.5. The molecule has 0 aliphatic carbocycles. The molecule has 0 aliphatic rings. The molecule has 19 heteroatoms. The Hall–Kier alpha value is -1.79. The number of Topliss-reactive ketones (excluding diaryl/α,β-unsaturated/α-hetero) is 2. The maximum Gasteiger partial charge on any atom is 2.00 e. The summed E-state index contributed by atoms with van der Waals surface area (Å²) in [6, 6.07) is 0. The number of aliphatic hydroxyl groups is 2. The van der Waals surface area contributed by atoms with Gasteiger partial charge in [0.15, 0.2) is 0 Å². The normalized spacial score (nSPS) is 14.6. The number of rotatable bonds is 8. The number of hydrogen-bond donors (Lipinski definition) is 2. The number of carbonyl (C=O) groups excluding carboxylic acids is 4. The molecule has 2 atom stereocenters. The first-order valence-corrected chi connectivity index (χ1v) is 10.3. The van der Waals surface area contributed by atoms with Gasteiger partial charge in [-0.05, 0) is 40.5 Å². The average molecular weight is 634 g/mol. The third kappa shape index (κ3) is 10.3. The van der Waals surface area contributed by atoms with E-state index in [-0.39, 0.29) is 34.9 Å². The second kappa shape index (κ2) is 17.8. The van der Waals surface area contributed by atoms with Gasteiger partial charge >= 0.3 is 45.9 Å². The minimum Gasteiger partial charge on any atom is -0.549 e. The first-order chi connectivity index (χ1) is 16.7. The summed E-state index contributed by atoms with van der Waals surface area (Å²) in [5.41, 5.74) is -7.74. The molecule has 0 heterocycles. The number of carboxylic acid groups (broad SMARTS) is 2. The number of hydrogen-bond acceptors (Lipinski definition) is 8. The maximum atomic E-state index is 13.0. The molecule has 0 radical (unpaired) electrons. The van der Waals surface area contributed by atoms with Crippen LogP contribution in [0.4, 0.5) is 43.9 Å². The summed E-state index contributed by atoms with van der Waals surface area (Å²) in [5.74, 6) is -20.4. The average Bonchev–Trinajstić information content (AvgIpc) is 2.68. The Balaban J connectivity index is -0.000000160. The van der Waals surface area contributed by atoms with Crippen molar-refractivity contribution in [1.82, 2.24) is 0 Å². The van der Waals surface area contributed by atoms with Crippen molar-refractivity contribution in [3.63, 3.8) is 0 Å². The molecule has 0 saturated carbocycles. The standard InChI is InChI=1S/2C8H9F5O3.2C2H6O.Ti/c2*1-3-6(4(2)14,5(15)16)7(9,10)8(11,12)13;2*1-2-3;/h2*3H2,1-2H3,(H,15,16);2*3H,2H2,1H3;/q;;;;+2/p-2. The smallest absolute Gasteiger partial charge is 0.549 e. The van der Waals surface area contributed by atoms with Gasteiger partial charge < -0.3 is 30.0 Å². The van der Waals surface area contributed by atoms with Crippen LogP contribution in [-0.4, -0.2) is 71.1 Å². The van der Waals surface area contributed by atoms with Crippen LogP contribution in [-0.2, 0) is 40.9 Å². The number of halogens is 10. The topological polar surface area (TPSA) is 155 Å². The first kappa shape index (κ1) is 47.0. The van der Waals surface area contributed by atoms with Crippen LogP contribution < -0.4 is 10.2 Å². The van der Waals surface area contributed by atoms with Gasteiger partial charge in [0.2, 0.25) is 0 Å². The minimum atomic E-state index is -6.13. The molecule has 0 fully saturated rings. The largest absolute Gasteiger partial charge is 2.00 e. The van der Waals surface area contributed by atoms with Crippen LogP contribution in [0, 0.1) is 10.8 Å². The second-order valence-corrected chi connectivity index (χ2v) is 6.98. The number of aliphatic carboxylic acids is 2. The van der Waals surface area contributed by atoms with Crippen molar-refractivity contribution in [3.8, 4) is 0 Å². The van der Waals surface area contributed by atoms with Crippen molar-refractivity contribution in [2.75, 3.05) is 13.2 Å². The summed E-state index contributed by atoms with van der Waals surface area (Å²) < 4.78 is 124. The zero-order valence-electron chi connectivity index (χ0n) is 21.5. The van der Waals surface area contributed by atoms with Gasteiger partial charge in [-0.15, -0.1) is 0 Å². The van der Waals surface area contributed by atoms with Crippen LogP contribution in [0.25, 0.3) is 0 Å². The van der Waals surface area contributed by atoms with E-state index in [9.17, 15) is 73.3 Å². The fourth-order valence-electron chi connectivity index (χ4n) is 2.70. The zero-order valence-corrected chi connectivity index (χ0v) is 23.0. The molecule has 2 N–H and O–H groups in total.